The first-order valence-electron chi connectivity index (χ1n) is 11.1. The summed E-state index contributed by atoms with van der Waals surface area (Å²) in [5.74, 6) is 0.506. The van der Waals surface area contributed by atoms with Crippen LogP contribution in [0.5, 0.6) is 0 Å². The number of likely N-dealkylation sites (tertiary alicyclic amines) is 1. The molecule has 2 amide bonds. The number of carbonyl (C=O) groups is 2. The molecule has 0 spiro atoms. The van der Waals surface area contributed by atoms with Gasteiger partial charge in [-0.3, -0.25) is 9.59 Å². The summed E-state index contributed by atoms with van der Waals surface area (Å²) in [5, 5.41) is 18.8. The number of hydrogen-bond acceptors (Lipinski definition) is 7. The minimum atomic E-state index is -3.59. The van der Waals surface area contributed by atoms with Crippen molar-refractivity contribution in [2.45, 2.75) is 56.8 Å². The summed E-state index contributed by atoms with van der Waals surface area (Å²) in [7, 11) is -3.59. The van der Waals surface area contributed by atoms with E-state index in [1.54, 1.807) is 23.1 Å². The van der Waals surface area contributed by atoms with Crippen molar-refractivity contribution in [2.24, 2.45) is 5.92 Å². The molecule has 1 saturated heterocycles. The Balaban J connectivity index is 1.48. The molecule has 10 nitrogen and oxygen atoms in total. The van der Waals surface area contributed by atoms with Crippen LogP contribution in [0.2, 0.25) is 0 Å². The quantitative estimate of drug-likeness (QED) is 0.654. The Morgan fingerprint density at radius 2 is 1.88 bits per heavy atom. The maximum absolute atomic E-state index is 13.0. The zero-order valence-corrected chi connectivity index (χ0v) is 19.6. The van der Waals surface area contributed by atoms with Gasteiger partial charge in [0.2, 0.25) is 11.8 Å². The average molecular weight is 476 g/mol. The SMILES string of the molecule is CC(C)C(=O)N1CCn2c(nnc2[C@@H]2C[C@H](O)CN2C(=O)CCS(=O)(=O)c2ccccc2)C1. The molecule has 2 aliphatic heterocycles. The summed E-state index contributed by atoms with van der Waals surface area (Å²) in [5.41, 5.74) is 0. The molecule has 178 valence electrons. The molecule has 4 rings (SSSR count). The van der Waals surface area contributed by atoms with Crippen LogP contribution in [0.25, 0.3) is 0 Å². The maximum Gasteiger partial charge on any atom is 0.225 e. The summed E-state index contributed by atoms with van der Waals surface area (Å²) in [6.07, 6.45) is -0.595. The van der Waals surface area contributed by atoms with Crippen LogP contribution >= 0.6 is 0 Å². The van der Waals surface area contributed by atoms with E-state index in [2.05, 4.69) is 10.2 Å². The van der Waals surface area contributed by atoms with Gasteiger partial charge in [0.1, 0.15) is 0 Å². The van der Waals surface area contributed by atoms with Gasteiger partial charge >= 0.3 is 0 Å². The smallest absolute Gasteiger partial charge is 0.225 e. The Labute approximate surface area is 193 Å². The number of aliphatic hydroxyl groups excluding tert-OH is 1. The van der Waals surface area contributed by atoms with Gasteiger partial charge < -0.3 is 19.5 Å². The number of fused-ring (bicyclic) bond motifs is 1. The number of carbonyl (C=O) groups excluding carboxylic acids is 2. The van der Waals surface area contributed by atoms with Gasteiger partial charge in [-0.05, 0) is 12.1 Å². The highest BCUT2D eigenvalue weighted by Gasteiger charge is 2.39. The molecule has 0 aliphatic carbocycles. The van der Waals surface area contributed by atoms with Crippen LogP contribution in [-0.2, 0) is 32.5 Å². The fourth-order valence-electron chi connectivity index (χ4n) is 4.43. The van der Waals surface area contributed by atoms with Crippen molar-refractivity contribution in [3.05, 3.63) is 42.0 Å². The molecule has 0 bridgehead atoms. The lowest BCUT2D eigenvalue weighted by atomic mass is 10.1. The van der Waals surface area contributed by atoms with E-state index in [1.165, 1.54) is 17.0 Å². The fraction of sp³-hybridized carbons (Fsp3) is 0.545. The molecule has 0 saturated carbocycles. The normalized spacial score (nSPS) is 20.8. The topological polar surface area (TPSA) is 126 Å². The Morgan fingerprint density at radius 3 is 2.58 bits per heavy atom. The molecule has 1 fully saturated rings. The number of hydrogen-bond donors (Lipinski definition) is 1. The number of sulfone groups is 1. The number of benzene rings is 1. The lowest BCUT2D eigenvalue weighted by Crippen LogP contribution is -2.41. The number of β-amino-alcohol motifs (C(OH)–C–C–N with tert-alkyl or cyclic N) is 1. The Bertz CT molecular complexity index is 1130. The second-order valence-electron chi connectivity index (χ2n) is 8.87. The molecule has 2 aliphatic rings. The van der Waals surface area contributed by atoms with Crippen LogP contribution < -0.4 is 0 Å². The average Bonchev–Trinajstić information content (AvgIpc) is 3.40. The van der Waals surface area contributed by atoms with Crippen molar-refractivity contribution in [1.29, 1.82) is 0 Å². The van der Waals surface area contributed by atoms with Crippen LogP contribution in [0.15, 0.2) is 35.2 Å². The molecule has 2 aromatic rings. The van der Waals surface area contributed by atoms with Crippen molar-refractivity contribution >= 4 is 21.7 Å². The molecule has 0 radical (unpaired) electrons. The van der Waals surface area contributed by atoms with Gasteiger partial charge in [0.05, 0.1) is 29.3 Å². The van der Waals surface area contributed by atoms with Crippen LogP contribution in [0.4, 0.5) is 0 Å². The first-order valence-corrected chi connectivity index (χ1v) is 12.8. The van der Waals surface area contributed by atoms with Gasteiger partial charge in [-0.2, -0.15) is 0 Å². The van der Waals surface area contributed by atoms with E-state index < -0.39 is 22.0 Å². The van der Waals surface area contributed by atoms with E-state index in [-0.39, 0.29) is 41.3 Å². The third kappa shape index (κ3) is 4.79. The number of aromatic nitrogens is 3. The van der Waals surface area contributed by atoms with Crippen molar-refractivity contribution in [3.63, 3.8) is 0 Å². The van der Waals surface area contributed by atoms with Gasteiger partial charge in [0.15, 0.2) is 21.5 Å². The maximum atomic E-state index is 13.0. The van der Waals surface area contributed by atoms with Crippen LogP contribution in [0.1, 0.15) is 44.4 Å². The molecule has 1 N–H and O–H groups in total. The highest BCUT2D eigenvalue weighted by molar-refractivity contribution is 7.91. The number of aliphatic hydroxyl groups is 1. The second kappa shape index (κ2) is 9.22. The molecule has 11 heteroatoms. The number of nitrogens with zero attached hydrogens (tertiary/aromatic N) is 5. The standard InChI is InChI=1S/C22H29N5O5S/c1-15(2)22(30)25-9-10-26-19(14-25)23-24-21(26)18-12-16(28)13-27(18)20(29)8-11-33(31,32)17-6-4-3-5-7-17/h3-7,15-16,18,28H,8-14H2,1-2H3/t16-,18-/m0/s1. The van der Waals surface area contributed by atoms with Crippen molar-refractivity contribution < 1.29 is 23.1 Å². The van der Waals surface area contributed by atoms with E-state index in [4.69, 9.17) is 0 Å². The van der Waals surface area contributed by atoms with Crippen molar-refractivity contribution in [3.8, 4) is 0 Å². The first-order chi connectivity index (χ1) is 15.7. The highest BCUT2D eigenvalue weighted by Crippen LogP contribution is 2.33. The third-order valence-corrected chi connectivity index (χ3v) is 7.90. The summed E-state index contributed by atoms with van der Waals surface area (Å²) in [6, 6.07) is 7.56. The zero-order chi connectivity index (χ0) is 23.8. The van der Waals surface area contributed by atoms with Crippen LogP contribution in [0, 0.1) is 5.92 Å². The number of rotatable bonds is 6. The fourth-order valence-corrected chi connectivity index (χ4v) is 5.68. The predicted molar refractivity (Wildman–Crippen MR) is 118 cm³/mol. The van der Waals surface area contributed by atoms with Crippen LogP contribution in [-0.4, -0.2) is 74.8 Å². The lowest BCUT2D eigenvalue weighted by molar-refractivity contribution is -0.136. The zero-order valence-electron chi connectivity index (χ0n) is 18.8. The van der Waals surface area contributed by atoms with E-state index >= 15 is 0 Å². The van der Waals surface area contributed by atoms with Gasteiger partial charge in [-0.15, -0.1) is 10.2 Å². The molecule has 1 aromatic carbocycles. The monoisotopic (exact) mass is 475 g/mol. The summed E-state index contributed by atoms with van der Waals surface area (Å²) >= 11 is 0. The molecule has 33 heavy (non-hydrogen) atoms. The largest absolute Gasteiger partial charge is 0.391 e. The van der Waals surface area contributed by atoms with Gasteiger partial charge in [0, 0.05) is 38.4 Å². The summed E-state index contributed by atoms with van der Waals surface area (Å²) in [6.45, 7) is 5.21. The third-order valence-electron chi connectivity index (χ3n) is 6.17. The van der Waals surface area contributed by atoms with Gasteiger partial charge in [-0.1, -0.05) is 32.0 Å². The Hall–Kier alpha value is -2.79. The summed E-state index contributed by atoms with van der Waals surface area (Å²) in [4.78, 5) is 28.8. The molecule has 0 unspecified atom stereocenters. The molecule has 2 atom stereocenters. The molecule has 3 heterocycles. The lowest BCUT2D eigenvalue weighted by Gasteiger charge is -2.31. The molecule has 1 aromatic heterocycles. The van der Waals surface area contributed by atoms with E-state index in [0.29, 0.717) is 37.7 Å². The van der Waals surface area contributed by atoms with Crippen molar-refractivity contribution in [1.82, 2.24) is 24.6 Å². The molecular weight excluding hydrogens is 446 g/mol. The van der Waals surface area contributed by atoms with E-state index in [0.717, 1.165) is 0 Å². The predicted octanol–water partition coefficient (Wildman–Crippen LogP) is 0.775. The van der Waals surface area contributed by atoms with Crippen LogP contribution in [0.3, 0.4) is 0 Å². The molecular formula is C22H29N5O5S. The first kappa shape index (κ1) is 23.4. The minimum Gasteiger partial charge on any atom is -0.391 e. The van der Waals surface area contributed by atoms with E-state index in [1.807, 2.05) is 18.4 Å². The summed E-state index contributed by atoms with van der Waals surface area (Å²) < 4.78 is 27.1. The van der Waals surface area contributed by atoms with Crippen molar-refractivity contribution in [2.75, 3.05) is 18.8 Å². The minimum absolute atomic E-state index is 0.0542. The van der Waals surface area contributed by atoms with Gasteiger partial charge in [0.25, 0.3) is 0 Å². The highest BCUT2D eigenvalue weighted by atomic mass is 32.2. The van der Waals surface area contributed by atoms with E-state index in [9.17, 15) is 23.1 Å². The number of amides is 2. The Kier molecular flexibility index (Phi) is 6.53. The van der Waals surface area contributed by atoms with Gasteiger partial charge in [-0.25, -0.2) is 8.42 Å². The Morgan fingerprint density at radius 1 is 1.15 bits per heavy atom. The second-order valence-corrected chi connectivity index (χ2v) is 11.0.